The summed E-state index contributed by atoms with van der Waals surface area (Å²) < 4.78 is 23.2. The van der Waals surface area contributed by atoms with E-state index in [9.17, 15) is 13.2 Å². The van der Waals surface area contributed by atoms with Gasteiger partial charge in [-0.15, -0.1) is 0 Å². The number of carbonyl (C=O) groups excluding carboxylic acids is 1. The molecule has 0 aliphatic heterocycles. The molecule has 1 aliphatic rings. The molecule has 1 rings (SSSR count). The summed E-state index contributed by atoms with van der Waals surface area (Å²) in [5.74, 6) is -0.391. The van der Waals surface area contributed by atoms with Gasteiger partial charge in [0.2, 0.25) is 5.91 Å². The number of carbonyl (C=O) groups is 1. The van der Waals surface area contributed by atoms with Crippen molar-refractivity contribution in [3.8, 4) is 0 Å². The molecule has 5 nitrogen and oxygen atoms in total. The molecule has 6 heteroatoms. The fraction of sp³-hybridized carbons (Fsp3) is 0.889. The van der Waals surface area contributed by atoms with Gasteiger partial charge in [0.1, 0.15) is 5.25 Å². The molecule has 0 aromatic rings. The van der Waals surface area contributed by atoms with Crippen molar-refractivity contribution in [2.24, 2.45) is 5.73 Å². The Balaban J connectivity index is 2.48. The summed E-state index contributed by atoms with van der Waals surface area (Å²) in [6.07, 6.45) is 2.33. The molecular weight excluding hydrogens is 216 g/mol. The van der Waals surface area contributed by atoms with Crippen LogP contribution in [0.1, 0.15) is 26.2 Å². The third-order valence-electron chi connectivity index (χ3n) is 2.46. The van der Waals surface area contributed by atoms with Crippen molar-refractivity contribution in [1.29, 1.82) is 0 Å². The van der Waals surface area contributed by atoms with Crippen molar-refractivity contribution in [2.45, 2.75) is 37.5 Å². The van der Waals surface area contributed by atoms with Gasteiger partial charge in [-0.05, 0) is 32.7 Å². The molecule has 0 bridgehead atoms. The Hall–Kier alpha value is -0.620. The largest absolute Gasteiger partial charge is 0.352 e. The van der Waals surface area contributed by atoms with E-state index in [1.54, 1.807) is 0 Å². The van der Waals surface area contributed by atoms with Crippen LogP contribution in [0.5, 0.6) is 0 Å². The Morgan fingerprint density at radius 2 is 2.13 bits per heavy atom. The predicted molar refractivity (Wildman–Crippen MR) is 58.1 cm³/mol. The van der Waals surface area contributed by atoms with Crippen LogP contribution in [0.4, 0.5) is 0 Å². The molecule has 0 heterocycles. The molecule has 3 N–H and O–H groups in total. The number of nitrogens with two attached hydrogens (primary N) is 1. The molecule has 1 fully saturated rings. The van der Waals surface area contributed by atoms with Crippen LogP contribution in [0.15, 0.2) is 0 Å². The first-order valence-corrected chi connectivity index (χ1v) is 6.91. The molecule has 0 spiro atoms. The van der Waals surface area contributed by atoms with E-state index in [4.69, 9.17) is 5.73 Å². The zero-order valence-corrected chi connectivity index (χ0v) is 9.72. The van der Waals surface area contributed by atoms with Crippen molar-refractivity contribution < 1.29 is 13.2 Å². The third kappa shape index (κ3) is 3.79. The van der Waals surface area contributed by atoms with Crippen molar-refractivity contribution in [2.75, 3.05) is 12.3 Å². The van der Waals surface area contributed by atoms with Crippen molar-refractivity contribution in [3.05, 3.63) is 0 Å². The van der Waals surface area contributed by atoms with E-state index in [1.807, 2.05) is 0 Å². The maximum atomic E-state index is 11.6. The highest BCUT2D eigenvalue weighted by molar-refractivity contribution is 7.92. The second-order valence-electron chi connectivity index (χ2n) is 3.93. The molecule has 1 saturated carbocycles. The Morgan fingerprint density at radius 1 is 1.53 bits per heavy atom. The number of sulfone groups is 1. The van der Waals surface area contributed by atoms with Crippen LogP contribution in [0.3, 0.4) is 0 Å². The molecule has 88 valence electrons. The number of nitrogens with one attached hydrogen (secondary N) is 1. The Bertz CT molecular complexity index is 322. The zero-order valence-electron chi connectivity index (χ0n) is 8.90. The highest BCUT2D eigenvalue weighted by Crippen LogP contribution is 2.19. The van der Waals surface area contributed by atoms with Gasteiger partial charge in [0.15, 0.2) is 9.84 Å². The van der Waals surface area contributed by atoms with Crippen molar-refractivity contribution in [3.63, 3.8) is 0 Å². The highest BCUT2D eigenvalue weighted by atomic mass is 32.2. The van der Waals surface area contributed by atoms with Gasteiger partial charge in [-0.25, -0.2) is 8.42 Å². The number of amides is 1. The molecule has 1 atom stereocenters. The van der Waals surface area contributed by atoms with E-state index < -0.39 is 15.1 Å². The molecule has 0 aromatic heterocycles. The van der Waals surface area contributed by atoms with Crippen LogP contribution < -0.4 is 11.1 Å². The lowest BCUT2D eigenvalue weighted by atomic mass is 10.4. The first-order chi connectivity index (χ1) is 6.97. The minimum absolute atomic E-state index is 0.0112. The van der Waals surface area contributed by atoms with E-state index in [1.165, 1.54) is 6.92 Å². The van der Waals surface area contributed by atoms with Crippen molar-refractivity contribution in [1.82, 2.24) is 5.32 Å². The van der Waals surface area contributed by atoms with Crippen LogP contribution in [-0.2, 0) is 14.6 Å². The first-order valence-electron chi connectivity index (χ1n) is 5.19. The average Bonchev–Trinajstić information content (AvgIpc) is 2.97. The minimum atomic E-state index is -3.33. The van der Waals surface area contributed by atoms with Gasteiger partial charge in [-0.1, -0.05) is 0 Å². The topological polar surface area (TPSA) is 89.3 Å². The molecule has 1 aliphatic carbocycles. The molecule has 0 radical (unpaired) electrons. The summed E-state index contributed by atoms with van der Waals surface area (Å²) in [5.41, 5.74) is 5.24. The summed E-state index contributed by atoms with van der Waals surface area (Å²) in [5, 5.41) is 1.73. The monoisotopic (exact) mass is 234 g/mol. The van der Waals surface area contributed by atoms with Crippen LogP contribution >= 0.6 is 0 Å². The second-order valence-corrected chi connectivity index (χ2v) is 6.38. The highest BCUT2D eigenvalue weighted by Gasteiger charge is 2.31. The van der Waals surface area contributed by atoms with Crippen LogP contribution in [0.25, 0.3) is 0 Å². The van der Waals surface area contributed by atoms with E-state index in [-0.39, 0.29) is 17.7 Å². The number of rotatable bonds is 6. The van der Waals surface area contributed by atoms with Gasteiger partial charge in [-0.3, -0.25) is 4.79 Å². The lowest BCUT2D eigenvalue weighted by molar-refractivity contribution is -0.120. The van der Waals surface area contributed by atoms with Crippen LogP contribution in [-0.4, -0.2) is 37.9 Å². The SMILES string of the molecule is CC(C(=O)NC1CC1)S(=O)(=O)CCCN. The van der Waals surface area contributed by atoms with Gasteiger partial charge >= 0.3 is 0 Å². The summed E-state index contributed by atoms with van der Waals surface area (Å²) in [7, 11) is -3.33. The van der Waals surface area contributed by atoms with Gasteiger partial charge in [0, 0.05) is 6.04 Å². The predicted octanol–water partition coefficient (Wildman–Crippen LogP) is -0.583. The number of hydrogen-bond acceptors (Lipinski definition) is 4. The smallest absolute Gasteiger partial charge is 0.238 e. The fourth-order valence-electron chi connectivity index (χ4n) is 1.17. The molecule has 1 unspecified atom stereocenters. The molecule has 15 heavy (non-hydrogen) atoms. The maximum absolute atomic E-state index is 11.6. The van der Waals surface area contributed by atoms with Gasteiger partial charge in [0.05, 0.1) is 5.75 Å². The number of hydrogen-bond donors (Lipinski definition) is 2. The van der Waals surface area contributed by atoms with E-state index in [0.29, 0.717) is 13.0 Å². The summed E-state index contributed by atoms with van der Waals surface area (Å²) in [4.78, 5) is 11.5. The molecule has 0 saturated heterocycles. The third-order valence-corrected chi connectivity index (χ3v) is 4.61. The van der Waals surface area contributed by atoms with Crippen LogP contribution in [0, 0.1) is 0 Å². The average molecular weight is 234 g/mol. The molecular formula is C9H18N2O3S. The van der Waals surface area contributed by atoms with Gasteiger partial charge < -0.3 is 11.1 Å². The maximum Gasteiger partial charge on any atom is 0.238 e. The van der Waals surface area contributed by atoms with E-state index >= 15 is 0 Å². The first kappa shape index (κ1) is 12.4. The van der Waals surface area contributed by atoms with Crippen molar-refractivity contribution >= 4 is 15.7 Å². The standard InChI is InChI=1S/C9H18N2O3S/c1-7(9(12)11-8-3-4-8)15(13,14)6-2-5-10/h7-8H,2-6,10H2,1H3,(H,11,12). The summed E-state index contributed by atoms with van der Waals surface area (Å²) >= 11 is 0. The minimum Gasteiger partial charge on any atom is -0.352 e. The van der Waals surface area contributed by atoms with Gasteiger partial charge in [0.25, 0.3) is 0 Å². The quantitative estimate of drug-likeness (QED) is 0.643. The normalized spacial score (nSPS) is 18.5. The van der Waals surface area contributed by atoms with Crippen LogP contribution in [0.2, 0.25) is 0 Å². The fourth-order valence-corrected chi connectivity index (χ4v) is 2.49. The summed E-state index contributed by atoms with van der Waals surface area (Å²) in [6, 6.07) is 0.199. The lowest BCUT2D eigenvalue weighted by Gasteiger charge is -2.12. The van der Waals surface area contributed by atoms with Gasteiger partial charge in [-0.2, -0.15) is 0 Å². The Labute approximate surface area is 90.3 Å². The Kier molecular flexibility index (Phi) is 4.10. The second kappa shape index (κ2) is 4.94. The Morgan fingerprint density at radius 3 is 2.60 bits per heavy atom. The zero-order chi connectivity index (χ0) is 11.5. The van der Waals surface area contributed by atoms with E-state index in [0.717, 1.165) is 12.8 Å². The van der Waals surface area contributed by atoms with E-state index in [2.05, 4.69) is 5.32 Å². The summed E-state index contributed by atoms with van der Waals surface area (Å²) in [6.45, 7) is 1.76. The lowest BCUT2D eigenvalue weighted by Crippen LogP contribution is -2.40. The molecule has 1 amide bonds. The molecule has 0 aromatic carbocycles.